The summed E-state index contributed by atoms with van der Waals surface area (Å²) in [6.45, 7) is 0. The van der Waals surface area contributed by atoms with Crippen molar-refractivity contribution in [2.45, 2.75) is 12.0 Å². The van der Waals surface area contributed by atoms with Gasteiger partial charge in [-0.3, -0.25) is 4.79 Å². The fourth-order valence-corrected chi connectivity index (χ4v) is 2.28. The molecule has 104 valence electrons. The molecule has 2 aromatic carbocycles. The molecule has 3 heteroatoms. The third kappa shape index (κ3) is 2.89. The van der Waals surface area contributed by atoms with Gasteiger partial charge >= 0.3 is 0 Å². The first-order chi connectivity index (χ1) is 9.54. The molecule has 20 heavy (non-hydrogen) atoms. The Morgan fingerprint density at radius 3 is 2.00 bits per heavy atom. The largest absolute Gasteiger partial charge is 0.375 e. The van der Waals surface area contributed by atoms with E-state index >= 15 is 0 Å². The molecule has 0 spiro atoms. The Hall–Kier alpha value is -2.13. The number of nitrogens with zero attached hydrogens (tertiary/aromatic N) is 1. The van der Waals surface area contributed by atoms with Crippen molar-refractivity contribution in [3.05, 3.63) is 71.8 Å². The highest BCUT2D eigenvalue weighted by atomic mass is 16.3. The Balaban J connectivity index is 2.42. The summed E-state index contributed by atoms with van der Waals surface area (Å²) in [5.41, 5.74) is 0.00292. The van der Waals surface area contributed by atoms with Crippen molar-refractivity contribution < 1.29 is 9.90 Å². The number of aliphatic hydroxyl groups is 1. The molecule has 1 amide bonds. The molecule has 0 saturated heterocycles. The quantitative estimate of drug-likeness (QED) is 0.924. The van der Waals surface area contributed by atoms with E-state index in [-0.39, 0.29) is 12.3 Å². The van der Waals surface area contributed by atoms with E-state index in [0.717, 1.165) is 5.56 Å². The summed E-state index contributed by atoms with van der Waals surface area (Å²) in [6, 6.07) is 18.6. The van der Waals surface area contributed by atoms with Gasteiger partial charge in [-0.15, -0.1) is 0 Å². The van der Waals surface area contributed by atoms with Crippen LogP contribution in [-0.4, -0.2) is 30.0 Å². The van der Waals surface area contributed by atoms with E-state index in [0.29, 0.717) is 5.56 Å². The van der Waals surface area contributed by atoms with Crippen LogP contribution in [0.2, 0.25) is 0 Å². The van der Waals surface area contributed by atoms with E-state index < -0.39 is 5.60 Å². The molecule has 0 bridgehead atoms. The monoisotopic (exact) mass is 269 g/mol. The van der Waals surface area contributed by atoms with Gasteiger partial charge in [0.15, 0.2) is 5.60 Å². The van der Waals surface area contributed by atoms with Crippen LogP contribution in [-0.2, 0) is 16.8 Å². The smallest absolute Gasteiger partial charge is 0.259 e. The minimum absolute atomic E-state index is 0.259. The molecule has 1 unspecified atom stereocenters. The molecule has 2 aromatic rings. The van der Waals surface area contributed by atoms with Crippen molar-refractivity contribution in [2.24, 2.45) is 0 Å². The average Bonchev–Trinajstić information content (AvgIpc) is 2.48. The SMILES string of the molecule is CN(C)C(=O)C(O)(Cc1ccccc1)c1ccccc1. The number of hydrogen-bond donors (Lipinski definition) is 1. The zero-order valence-corrected chi connectivity index (χ0v) is 11.8. The standard InChI is InChI=1S/C17H19NO2/c1-18(2)16(19)17(20,15-11-7-4-8-12-15)13-14-9-5-3-6-10-14/h3-12,20H,13H2,1-2H3. The van der Waals surface area contributed by atoms with Crippen molar-refractivity contribution in [1.82, 2.24) is 4.90 Å². The highest BCUT2D eigenvalue weighted by Gasteiger charge is 2.39. The summed E-state index contributed by atoms with van der Waals surface area (Å²) in [7, 11) is 3.31. The van der Waals surface area contributed by atoms with Gasteiger partial charge in [-0.25, -0.2) is 0 Å². The lowest BCUT2D eigenvalue weighted by molar-refractivity contribution is -0.149. The molecule has 0 fully saturated rings. The maximum Gasteiger partial charge on any atom is 0.259 e. The molecule has 0 saturated carbocycles. The second kappa shape index (κ2) is 5.88. The van der Waals surface area contributed by atoms with Crippen LogP contribution in [0.4, 0.5) is 0 Å². The molecular formula is C17H19NO2. The summed E-state index contributed by atoms with van der Waals surface area (Å²) >= 11 is 0. The topological polar surface area (TPSA) is 40.5 Å². The zero-order chi connectivity index (χ0) is 14.6. The van der Waals surface area contributed by atoms with E-state index in [1.165, 1.54) is 4.90 Å². The maximum atomic E-state index is 12.4. The third-order valence-corrected chi connectivity index (χ3v) is 3.31. The minimum atomic E-state index is -1.54. The molecule has 0 aliphatic carbocycles. The van der Waals surface area contributed by atoms with E-state index in [4.69, 9.17) is 0 Å². The number of hydrogen-bond acceptors (Lipinski definition) is 2. The summed E-state index contributed by atoms with van der Waals surface area (Å²) < 4.78 is 0. The van der Waals surface area contributed by atoms with Crippen LogP contribution in [0.1, 0.15) is 11.1 Å². The van der Waals surface area contributed by atoms with Gasteiger partial charge in [0.25, 0.3) is 5.91 Å². The molecule has 0 heterocycles. The number of carbonyl (C=O) groups excluding carboxylic acids is 1. The van der Waals surface area contributed by atoms with Gasteiger partial charge in [-0.05, 0) is 11.1 Å². The van der Waals surface area contributed by atoms with Crippen molar-refractivity contribution in [1.29, 1.82) is 0 Å². The van der Waals surface area contributed by atoms with E-state index in [1.807, 2.05) is 48.5 Å². The van der Waals surface area contributed by atoms with Crippen molar-refractivity contribution in [3.8, 4) is 0 Å². The molecule has 1 N–H and O–H groups in total. The number of carbonyl (C=O) groups is 1. The molecule has 3 nitrogen and oxygen atoms in total. The number of likely N-dealkylation sites (N-methyl/N-ethyl adjacent to an activating group) is 1. The molecular weight excluding hydrogens is 250 g/mol. The predicted molar refractivity (Wildman–Crippen MR) is 79.2 cm³/mol. The lowest BCUT2D eigenvalue weighted by Gasteiger charge is -2.30. The van der Waals surface area contributed by atoms with Crippen LogP contribution in [0.25, 0.3) is 0 Å². The van der Waals surface area contributed by atoms with Gasteiger partial charge in [0.2, 0.25) is 0 Å². The fourth-order valence-electron chi connectivity index (χ4n) is 2.28. The number of benzene rings is 2. The van der Waals surface area contributed by atoms with Crippen LogP contribution in [0.15, 0.2) is 60.7 Å². The Morgan fingerprint density at radius 1 is 1.00 bits per heavy atom. The van der Waals surface area contributed by atoms with Crippen LogP contribution in [0.5, 0.6) is 0 Å². The predicted octanol–water partition coefficient (Wildman–Crippen LogP) is 2.21. The van der Waals surface area contributed by atoms with Crippen LogP contribution in [0, 0.1) is 0 Å². The van der Waals surface area contributed by atoms with Gasteiger partial charge in [0.1, 0.15) is 0 Å². The average molecular weight is 269 g/mol. The van der Waals surface area contributed by atoms with E-state index in [2.05, 4.69) is 0 Å². The highest BCUT2D eigenvalue weighted by Crippen LogP contribution is 2.27. The molecule has 2 rings (SSSR count). The summed E-state index contributed by atoms with van der Waals surface area (Å²) in [6.07, 6.45) is 0.259. The van der Waals surface area contributed by atoms with Gasteiger partial charge in [-0.2, -0.15) is 0 Å². The lowest BCUT2D eigenvalue weighted by Crippen LogP contribution is -2.45. The minimum Gasteiger partial charge on any atom is -0.375 e. The molecule has 0 radical (unpaired) electrons. The van der Waals surface area contributed by atoms with Crippen molar-refractivity contribution in [2.75, 3.05) is 14.1 Å². The normalized spacial score (nSPS) is 13.6. The summed E-state index contributed by atoms with van der Waals surface area (Å²) in [5.74, 6) is -0.312. The first-order valence-corrected chi connectivity index (χ1v) is 6.57. The first-order valence-electron chi connectivity index (χ1n) is 6.57. The molecule has 0 aliphatic heterocycles. The summed E-state index contributed by atoms with van der Waals surface area (Å²) in [4.78, 5) is 13.9. The maximum absolute atomic E-state index is 12.4. The third-order valence-electron chi connectivity index (χ3n) is 3.31. The van der Waals surface area contributed by atoms with Crippen LogP contribution < -0.4 is 0 Å². The Kier molecular flexibility index (Phi) is 4.20. The highest BCUT2D eigenvalue weighted by molar-refractivity contribution is 5.86. The van der Waals surface area contributed by atoms with Crippen LogP contribution >= 0.6 is 0 Å². The lowest BCUT2D eigenvalue weighted by atomic mass is 9.86. The molecule has 0 aliphatic rings. The van der Waals surface area contributed by atoms with Gasteiger partial charge in [-0.1, -0.05) is 60.7 Å². The van der Waals surface area contributed by atoms with Crippen LogP contribution in [0.3, 0.4) is 0 Å². The van der Waals surface area contributed by atoms with Crippen molar-refractivity contribution >= 4 is 5.91 Å². The van der Waals surface area contributed by atoms with Gasteiger partial charge < -0.3 is 10.0 Å². The number of amides is 1. The van der Waals surface area contributed by atoms with E-state index in [9.17, 15) is 9.90 Å². The van der Waals surface area contributed by atoms with Gasteiger partial charge in [0.05, 0.1) is 0 Å². The Bertz CT molecular complexity index is 566. The molecule has 0 aromatic heterocycles. The van der Waals surface area contributed by atoms with Crippen molar-refractivity contribution in [3.63, 3.8) is 0 Å². The fraction of sp³-hybridized carbons (Fsp3) is 0.235. The van der Waals surface area contributed by atoms with E-state index in [1.54, 1.807) is 26.2 Å². The summed E-state index contributed by atoms with van der Waals surface area (Å²) in [5, 5.41) is 11.0. The second-order valence-electron chi connectivity index (χ2n) is 5.09. The Labute approximate surface area is 119 Å². The Morgan fingerprint density at radius 2 is 1.50 bits per heavy atom. The second-order valence-corrected chi connectivity index (χ2v) is 5.09. The zero-order valence-electron chi connectivity index (χ0n) is 11.8. The molecule has 1 atom stereocenters. The first kappa shape index (κ1) is 14.3. The number of rotatable bonds is 4. The van der Waals surface area contributed by atoms with Gasteiger partial charge in [0, 0.05) is 20.5 Å².